The molecule has 2 aromatic carbocycles. The Balaban J connectivity index is 1.80. The van der Waals surface area contributed by atoms with Crippen molar-refractivity contribution in [2.24, 2.45) is 0 Å². The molecule has 130 valence electrons. The predicted molar refractivity (Wildman–Crippen MR) is 95.6 cm³/mol. The third kappa shape index (κ3) is 4.54. The molecule has 4 heteroatoms. The second-order valence-corrected chi connectivity index (χ2v) is 6.28. The van der Waals surface area contributed by atoms with Crippen LogP contribution in [0.15, 0.2) is 60.7 Å². The summed E-state index contributed by atoms with van der Waals surface area (Å²) in [5.74, 6) is -0.347. The molecule has 0 radical (unpaired) electrons. The molecule has 3 rings (SSSR count). The van der Waals surface area contributed by atoms with Gasteiger partial charge in [0.2, 0.25) is 5.91 Å². The van der Waals surface area contributed by atoms with Crippen LogP contribution >= 0.6 is 0 Å². The van der Waals surface area contributed by atoms with Crippen molar-refractivity contribution in [1.82, 2.24) is 4.90 Å². The molecule has 2 amide bonds. The Morgan fingerprint density at radius 1 is 0.960 bits per heavy atom. The summed E-state index contributed by atoms with van der Waals surface area (Å²) in [6.07, 6.45) is 2.37. The van der Waals surface area contributed by atoms with Crippen molar-refractivity contribution in [1.29, 1.82) is 0 Å². The number of benzene rings is 2. The van der Waals surface area contributed by atoms with Gasteiger partial charge < -0.3 is 4.74 Å². The van der Waals surface area contributed by atoms with Crippen LogP contribution in [0.1, 0.15) is 42.9 Å². The second kappa shape index (κ2) is 8.58. The first kappa shape index (κ1) is 17.4. The normalized spacial score (nSPS) is 16.3. The maximum Gasteiger partial charge on any atom is 0.262 e. The van der Waals surface area contributed by atoms with E-state index >= 15 is 0 Å². The largest absolute Gasteiger partial charge is 0.359 e. The average Bonchev–Trinajstić information content (AvgIpc) is 2.88. The number of amides is 2. The molecule has 4 nitrogen and oxygen atoms in total. The first-order valence-corrected chi connectivity index (χ1v) is 8.80. The van der Waals surface area contributed by atoms with Gasteiger partial charge in [-0.1, -0.05) is 67.1 Å². The summed E-state index contributed by atoms with van der Waals surface area (Å²) in [7, 11) is 0. The minimum Gasteiger partial charge on any atom is -0.359 e. The van der Waals surface area contributed by atoms with E-state index in [-0.39, 0.29) is 11.8 Å². The van der Waals surface area contributed by atoms with Crippen LogP contribution in [-0.4, -0.2) is 23.3 Å². The number of hydrogen-bond donors (Lipinski definition) is 0. The van der Waals surface area contributed by atoms with Gasteiger partial charge in [-0.25, -0.2) is 0 Å². The van der Waals surface area contributed by atoms with Gasteiger partial charge in [-0.15, -0.1) is 0 Å². The van der Waals surface area contributed by atoms with Crippen molar-refractivity contribution < 1.29 is 14.3 Å². The minimum atomic E-state index is -0.761. The van der Waals surface area contributed by atoms with E-state index in [4.69, 9.17) is 4.74 Å². The summed E-state index contributed by atoms with van der Waals surface area (Å²) >= 11 is 0. The van der Waals surface area contributed by atoms with Gasteiger partial charge in [0, 0.05) is 13.0 Å². The van der Waals surface area contributed by atoms with E-state index in [1.807, 2.05) is 60.7 Å². The summed E-state index contributed by atoms with van der Waals surface area (Å²) < 4.78 is 5.97. The second-order valence-electron chi connectivity index (χ2n) is 6.28. The summed E-state index contributed by atoms with van der Waals surface area (Å²) in [5.41, 5.74) is 1.78. The zero-order valence-corrected chi connectivity index (χ0v) is 14.3. The van der Waals surface area contributed by atoms with Crippen LogP contribution in [0.25, 0.3) is 0 Å². The topological polar surface area (TPSA) is 46.6 Å². The van der Waals surface area contributed by atoms with Crippen LogP contribution in [0, 0.1) is 0 Å². The Hall–Kier alpha value is -2.46. The van der Waals surface area contributed by atoms with Crippen molar-refractivity contribution in [3.05, 3.63) is 71.8 Å². The smallest absolute Gasteiger partial charge is 0.262 e. The standard InChI is InChI=1S/C21H23NO3/c23-19-14-8-3-9-15-22(19)21(24)20(18-12-6-2-7-13-18)25-16-17-10-4-1-5-11-17/h1-2,4-7,10-13,20H,3,8-9,14-16H2. The van der Waals surface area contributed by atoms with Gasteiger partial charge in [0.05, 0.1) is 6.61 Å². The van der Waals surface area contributed by atoms with Crippen LogP contribution in [0.3, 0.4) is 0 Å². The molecule has 0 N–H and O–H groups in total. The molecule has 1 saturated heterocycles. The van der Waals surface area contributed by atoms with Crippen molar-refractivity contribution in [2.45, 2.75) is 38.4 Å². The molecule has 2 aromatic rings. The molecule has 1 aliphatic rings. The highest BCUT2D eigenvalue weighted by Crippen LogP contribution is 2.24. The van der Waals surface area contributed by atoms with Gasteiger partial charge in [0.15, 0.2) is 6.10 Å². The number of carbonyl (C=O) groups is 2. The van der Waals surface area contributed by atoms with Gasteiger partial charge in [0.1, 0.15) is 0 Å². The van der Waals surface area contributed by atoms with E-state index in [2.05, 4.69) is 0 Å². The number of carbonyl (C=O) groups excluding carboxylic acids is 2. The Morgan fingerprint density at radius 2 is 1.64 bits per heavy atom. The highest BCUT2D eigenvalue weighted by Gasteiger charge is 2.31. The fraction of sp³-hybridized carbons (Fsp3) is 0.333. The molecule has 1 aliphatic heterocycles. The van der Waals surface area contributed by atoms with Gasteiger partial charge in [0.25, 0.3) is 5.91 Å². The van der Waals surface area contributed by atoms with Gasteiger partial charge in [-0.2, -0.15) is 0 Å². The molecule has 0 aliphatic carbocycles. The highest BCUT2D eigenvalue weighted by molar-refractivity contribution is 5.98. The molecule has 1 atom stereocenters. The number of nitrogens with zero attached hydrogens (tertiary/aromatic N) is 1. The summed E-state index contributed by atoms with van der Waals surface area (Å²) in [6, 6.07) is 19.2. The molecule has 25 heavy (non-hydrogen) atoms. The maximum atomic E-state index is 13.1. The SMILES string of the molecule is O=C1CCCCCN1C(=O)C(OCc1ccccc1)c1ccccc1. The number of hydrogen-bond acceptors (Lipinski definition) is 3. The lowest BCUT2D eigenvalue weighted by Gasteiger charge is -2.25. The third-order valence-corrected chi connectivity index (χ3v) is 4.43. The van der Waals surface area contributed by atoms with Crippen LogP contribution in [0.5, 0.6) is 0 Å². The van der Waals surface area contributed by atoms with Gasteiger partial charge in [-0.05, 0) is 24.0 Å². The fourth-order valence-electron chi connectivity index (χ4n) is 3.05. The van der Waals surface area contributed by atoms with Crippen molar-refractivity contribution in [2.75, 3.05) is 6.54 Å². The molecule has 1 heterocycles. The quantitative estimate of drug-likeness (QED) is 0.832. The van der Waals surface area contributed by atoms with E-state index in [1.165, 1.54) is 4.90 Å². The molecule has 0 bridgehead atoms. The summed E-state index contributed by atoms with van der Waals surface area (Å²) in [4.78, 5) is 26.8. The van der Waals surface area contributed by atoms with Gasteiger partial charge in [-0.3, -0.25) is 14.5 Å². The first-order chi connectivity index (χ1) is 12.3. The molecular weight excluding hydrogens is 314 g/mol. The monoisotopic (exact) mass is 337 g/mol. The summed E-state index contributed by atoms with van der Waals surface area (Å²) in [6.45, 7) is 0.809. The van der Waals surface area contributed by atoms with Crippen molar-refractivity contribution in [3.8, 4) is 0 Å². The Kier molecular flexibility index (Phi) is 5.96. The summed E-state index contributed by atoms with van der Waals surface area (Å²) in [5, 5.41) is 0. The molecule has 0 spiro atoms. The van der Waals surface area contributed by atoms with E-state index < -0.39 is 6.10 Å². The highest BCUT2D eigenvalue weighted by atomic mass is 16.5. The number of ether oxygens (including phenoxy) is 1. The Labute approximate surface area is 148 Å². The van der Waals surface area contributed by atoms with E-state index in [0.717, 1.165) is 30.4 Å². The van der Waals surface area contributed by atoms with E-state index in [1.54, 1.807) is 0 Å². The van der Waals surface area contributed by atoms with Crippen LogP contribution in [-0.2, 0) is 20.9 Å². The number of imide groups is 1. The molecule has 1 fully saturated rings. The number of rotatable bonds is 5. The van der Waals surface area contributed by atoms with Gasteiger partial charge >= 0.3 is 0 Å². The van der Waals surface area contributed by atoms with Crippen molar-refractivity contribution >= 4 is 11.8 Å². The maximum absolute atomic E-state index is 13.1. The minimum absolute atomic E-state index is 0.0910. The fourth-order valence-corrected chi connectivity index (χ4v) is 3.05. The zero-order valence-electron chi connectivity index (χ0n) is 14.3. The molecular formula is C21H23NO3. The van der Waals surface area contributed by atoms with E-state index in [9.17, 15) is 9.59 Å². The van der Waals surface area contributed by atoms with Crippen molar-refractivity contribution in [3.63, 3.8) is 0 Å². The number of likely N-dealkylation sites (tertiary alicyclic amines) is 1. The van der Waals surface area contributed by atoms with Crippen LogP contribution in [0.4, 0.5) is 0 Å². The average molecular weight is 337 g/mol. The lowest BCUT2D eigenvalue weighted by Crippen LogP contribution is -2.40. The predicted octanol–water partition coefficient (Wildman–Crippen LogP) is 3.87. The molecule has 1 unspecified atom stereocenters. The molecule has 0 aromatic heterocycles. The zero-order chi connectivity index (χ0) is 17.5. The van der Waals surface area contributed by atoms with Crippen LogP contribution in [0.2, 0.25) is 0 Å². The molecule has 0 saturated carbocycles. The Bertz CT molecular complexity index is 700. The van der Waals surface area contributed by atoms with E-state index in [0.29, 0.717) is 19.6 Å². The third-order valence-electron chi connectivity index (χ3n) is 4.43. The Morgan fingerprint density at radius 3 is 2.36 bits per heavy atom. The first-order valence-electron chi connectivity index (χ1n) is 8.80. The lowest BCUT2D eigenvalue weighted by atomic mass is 10.1. The van der Waals surface area contributed by atoms with Crippen LogP contribution < -0.4 is 0 Å². The lowest BCUT2D eigenvalue weighted by molar-refractivity contribution is -0.153.